The molecule has 1 N–H and O–H groups in total. The lowest BCUT2D eigenvalue weighted by Gasteiger charge is -2.23. The summed E-state index contributed by atoms with van der Waals surface area (Å²) in [6.45, 7) is 3.18. The van der Waals surface area contributed by atoms with Crippen LogP contribution in [-0.2, 0) is 11.3 Å². The van der Waals surface area contributed by atoms with Crippen LogP contribution in [0.1, 0.15) is 18.9 Å². The molecule has 1 aromatic carbocycles. The van der Waals surface area contributed by atoms with Crippen LogP contribution in [-0.4, -0.2) is 28.6 Å². The number of aliphatic carboxylic acids is 1. The molecule has 1 aliphatic rings. The molecule has 0 aromatic heterocycles. The Morgan fingerprint density at radius 2 is 2.33 bits per heavy atom. The zero-order chi connectivity index (χ0) is 13.3. The van der Waals surface area contributed by atoms with E-state index in [0.717, 1.165) is 12.1 Å². The highest BCUT2D eigenvalue weighted by Crippen LogP contribution is 2.26. The lowest BCUT2D eigenvalue weighted by Crippen LogP contribution is -2.32. The maximum atomic E-state index is 13.3. The zero-order valence-electron chi connectivity index (χ0n) is 10.1. The Bertz CT molecular complexity index is 466. The minimum absolute atomic E-state index is 0.0266. The first-order chi connectivity index (χ1) is 8.49. The summed E-state index contributed by atoms with van der Waals surface area (Å²) in [6, 6.07) is 4.68. The molecule has 3 nitrogen and oxygen atoms in total. The number of carbonyl (C=O) groups is 1. The predicted octanol–water partition coefficient (Wildman–Crippen LogP) is 2.77. The van der Waals surface area contributed by atoms with E-state index in [1.807, 2.05) is 6.92 Å². The average molecular weight is 272 g/mol. The van der Waals surface area contributed by atoms with Gasteiger partial charge in [0.15, 0.2) is 0 Å². The molecule has 0 spiro atoms. The number of benzene rings is 1. The zero-order valence-corrected chi connectivity index (χ0v) is 10.8. The van der Waals surface area contributed by atoms with Crippen molar-refractivity contribution in [1.82, 2.24) is 4.90 Å². The van der Waals surface area contributed by atoms with E-state index in [1.165, 1.54) is 12.1 Å². The molecule has 0 saturated carbocycles. The second-order valence-corrected chi connectivity index (χ2v) is 5.10. The number of rotatable bonds is 3. The summed E-state index contributed by atoms with van der Waals surface area (Å²) in [5, 5.41) is 9.15. The monoisotopic (exact) mass is 271 g/mol. The van der Waals surface area contributed by atoms with Gasteiger partial charge in [0.05, 0.1) is 10.9 Å². The normalized spacial score (nSPS) is 24.4. The summed E-state index contributed by atoms with van der Waals surface area (Å²) in [6.07, 6.45) is 0.645. The van der Waals surface area contributed by atoms with Gasteiger partial charge in [0, 0.05) is 12.6 Å². The molecule has 5 heteroatoms. The maximum absolute atomic E-state index is 13.3. The van der Waals surface area contributed by atoms with Crippen LogP contribution < -0.4 is 0 Å². The van der Waals surface area contributed by atoms with Crippen molar-refractivity contribution in [2.45, 2.75) is 25.9 Å². The number of halogens is 2. The number of hydrogen-bond donors (Lipinski definition) is 1. The molecule has 0 amide bonds. The van der Waals surface area contributed by atoms with Gasteiger partial charge < -0.3 is 5.11 Å². The Morgan fingerprint density at radius 3 is 2.89 bits per heavy atom. The van der Waals surface area contributed by atoms with Crippen molar-refractivity contribution in [3.05, 3.63) is 34.6 Å². The quantitative estimate of drug-likeness (QED) is 0.919. The second kappa shape index (κ2) is 5.24. The standard InChI is InChI=1S/C13H15ClFNO2/c1-8-10(13(17)18)4-5-16(8)7-9-2-3-11(14)12(15)6-9/h2-3,6,8,10H,4-5,7H2,1H3,(H,17,18). The van der Waals surface area contributed by atoms with Gasteiger partial charge in [-0.05, 0) is 37.6 Å². The van der Waals surface area contributed by atoms with Crippen molar-refractivity contribution >= 4 is 17.6 Å². The fraction of sp³-hybridized carbons (Fsp3) is 0.462. The van der Waals surface area contributed by atoms with Crippen molar-refractivity contribution in [2.24, 2.45) is 5.92 Å². The fourth-order valence-electron chi connectivity index (χ4n) is 2.43. The summed E-state index contributed by atoms with van der Waals surface area (Å²) in [5.74, 6) is -1.52. The molecule has 2 rings (SSSR count). The number of carboxylic acid groups (broad SMARTS) is 1. The Balaban J connectivity index is 2.06. The van der Waals surface area contributed by atoms with E-state index in [-0.39, 0.29) is 17.0 Å². The molecule has 1 aromatic rings. The molecule has 0 radical (unpaired) electrons. The lowest BCUT2D eigenvalue weighted by atomic mass is 10.0. The van der Waals surface area contributed by atoms with E-state index < -0.39 is 11.8 Å². The molecule has 0 aliphatic carbocycles. The fourth-order valence-corrected chi connectivity index (χ4v) is 2.55. The Hall–Kier alpha value is -1.13. The van der Waals surface area contributed by atoms with Gasteiger partial charge in [-0.15, -0.1) is 0 Å². The number of hydrogen-bond acceptors (Lipinski definition) is 2. The number of likely N-dealkylation sites (tertiary alicyclic amines) is 1. The van der Waals surface area contributed by atoms with E-state index in [9.17, 15) is 9.18 Å². The molecule has 98 valence electrons. The Labute approximate surface area is 110 Å². The molecular weight excluding hydrogens is 257 g/mol. The van der Waals surface area contributed by atoms with Crippen molar-refractivity contribution in [2.75, 3.05) is 6.54 Å². The average Bonchev–Trinajstić information content (AvgIpc) is 2.66. The third-order valence-corrected chi connectivity index (χ3v) is 3.88. The van der Waals surface area contributed by atoms with Gasteiger partial charge in [-0.25, -0.2) is 4.39 Å². The van der Waals surface area contributed by atoms with Crippen molar-refractivity contribution in [1.29, 1.82) is 0 Å². The largest absolute Gasteiger partial charge is 0.481 e. The van der Waals surface area contributed by atoms with Gasteiger partial charge in [0.2, 0.25) is 0 Å². The Kier molecular flexibility index (Phi) is 3.88. The van der Waals surface area contributed by atoms with Crippen LogP contribution in [0.15, 0.2) is 18.2 Å². The molecule has 0 bridgehead atoms. The summed E-state index contributed by atoms with van der Waals surface area (Å²) in [5.41, 5.74) is 0.815. The van der Waals surface area contributed by atoms with Crippen LogP contribution in [0.3, 0.4) is 0 Å². The first-order valence-electron chi connectivity index (χ1n) is 5.90. The molecule has 1 heterocycles. The van der Waals surface area contributed by atoms with Gasteiger partial charge in [-0.1, -0.05) is 17.7 Å². The smallest absolute Gasteiger partial charge is 0.308 e. The van der Waals surface area contributed by atoms with E-state index in [0.29, 0.717) is 13.0 Å². The van der Waals surface area contributed by atoms with Gasteiger partial charge >= 0.3 is 5.97 Å². The van der Waals surface area contributed by atoms with Gasteiger partial charge in [-0.2, -0.15) is 0 Å². The minimum atomic E-state index is -0.757. The first kappa shape index (κ1) is 13.3. The summed E-state index contributed by atoms with van der Waals surface area (Å²) < 4.78 is 13.3. The second-order valence-electron chi connectivity index (χ2n) is 4.69. The molecule has 1 aliphatic heterocycles. The molecule has 2 unspecified atom stereocenters. The molecular formula is C13H15ClFNO2. The van der Waals surface area contributed by atoms with Crippen LogP contribution in [0.25, 0.3) is 0 Å². The van der Waals surface area contributed by atoms with Gasteiger partial charge in [0.1, 0.15) is 5.82 Å². The highest BCUT2D eigenvalue weighted by atomic mass is 35.5. The highest BCUT2D eigenvalue weighted by Gasteiger charge is 2.35. The molecule has 1 saturated heterocycles. The lowest BCUT2D eigenvalue weighted by molar-refractivity contribution is -0.142. The summed E-state index contributed by atoms with van der Waals surface area (Å²) in [4.78, 5) is 13.1. The van der Waals surface area contributed by atoms with Crippen molar-refractivity contribution in [3.8, 4) is 0 Å². The first-order valence-corrected chi connectivity index (χ1v) is 6.27. The SMILES string of the molecule is CC1C(C(=O)O)CCN1Cc1ccc(Cl)c(F)c1. The minimum Gasteiger partial charge on any atom is -0.481 e. The maximum Gasteiger partial charge on any atom is 0.308 e. The third-order valence-electron chi connectivity index (χ3n) is 3.57. The van der Waals surface area contributed by atoms with E-state index in [4.69, 9.17) is 16.7 Å². The van der Waals surface area contributed by atoms with E-state index in [1.54, 1.807) is 6.07 Å². The molecule has 2 atom stereocenters. The highest BCUT2D eigenvalue weighted by molar-refractivity contribution is 6.30. The van der Waals surface area contributed by atoms with Crippen LogP contribution in [0.2, 0.25) is 5.02 Å². The number of carboxylic acids is 1. The Morgan fingerprint density at radius 1 is 1.61 bits per heavy atom. The van der Waals surface area contributed by atoms with Crippen LogP contribution in [0, 0.1) is 11.7 Å². The predicted molar refractivity (Wildman–Crippen MR) is 67.0 cm³/mol. The van der Waals surface area contributed by atoms with Gasteiger partial charge in [-0.3, -0.25) is 9.69 Å². The topological polar surface area (TPSA) is 40.5 Å². The van der Waals surface area contributed by atoms with Crippen molar-refractivity contribution in [3.63, 3.8) is 0 Å². The summed E-state index contributed by atoms with van der Waals surface area (Å²) >= 11 is 5.62. The number of nitrogens with zero attached hydrogens (tertiary/aromatic N) is 1. The molecule has 1 fully saturated rings. The third kappa shape index (κ3) is 2.65. The van der Waals surface area contributed by atoms with E-state index in [2.05, 4.69) is 4.90 Å². The summed E-state index contributed by atoms with van der Waals surface area (Å²) in [7, 11) is 0. The van der Waals surface area contributed by atoms with Crippen LogP contribution in [0.5, 0.6) is 0 Å². The molecule has 18 heavy (non-hydrogen) atoms. The van der Waals surface area contributed by atoms with Crippen LogP contribution >= 0.6 is 11.6 Å². The van der Waals surface area contributed by atoms with E-state index >= 15 is 0 Å². The van der Waals surface area contributed by atoms with Crippen LogP contribution in [0.4, 0.5) is 4.39 Å². The van der Waals surface area contributed by atoms with Gasteiger partial charge in [0.25, 0.3) is 0 Å². The van der Waals surface area contributed by atoms with Crippen molar-refractivity contribution < 1.29 is 14.3 Å².